The van der Waals surface area contributed by atoms with Gasteiger partial charge in [0.1, 0.15) is 19.3 Å². The molecule has 0 bridgehead atoms. The average Bonchev–Trinajstić information content (AvgIpc) is 3.67. The van der Waals surface area contributed by atoms with E-state index in [1.807, 2.05) is 0 Å². The molecule has 5 atom stereocenters. The standard InChI is InChI=1S/C68H132O17P2/c1-5-9-13-17-19-21-23-25-27-28-29-30-31-32-33-35-37-39-41-43-47-51-55-68(73)85-64(59-79-66(71)53-49-46-42-40-38-36-34-26-24-22-20-18-14-10-6-2)61-83-87(76,77)81-57-62(69)56-80-86(74,75)82-60-63(84-67(72)54-50-45-16-12-8-4)58-78-65(70)52-48-44-15-11-7-3/h62-64,69H,5-61H2,1-4H3,(H,74,75)(H,76,77)/t62-,63+,64+/m0/s1. The Hall–Kier alpha value is -1.94. The highest BCUT2D eigenvalue weighted by atomic mass is 31.2. The summed E-state index contributed by atoms with van der Waals surface area (Å²) in [7, 11) is -9.87. The summed E-state index contributed by atoms with van der Waals surface area (Å²) in [6.45, 7) is 4.74. The highest BCUT2D eigenvalue weighted by Crippen LogP contribution is 2.45. The number of rotatable bonds is 69. The van der Waals surface area contributed by atoms with Crippen molar-refractivity contribution in [3.63, 3.8) is 0 Å². The lowest BCUT2D eigenvalue weighted by molar-refractivity contribution is -0.161. The summed E-state index contributed by atoms with van der Waals surface area (Å²) in [6, 6.07) is 0. The number of phosphoric ester groups is 2. The molecular formula is C68H132O17P2. The van der Waals surface area contributed by atoms with E-state index in [0.717, 1.165) is 96.3 Å². The van der Waals surface area contributed by atoms with E-state index in [1.165, 1.54) is 180 Å². The van der Waals surface area contributed by atoms with Crippen molar-refractivity contribution >= 4 is 39.5 Å². The van der Waals surface area contributed by atoms with Crippen LogP contribution >= 0.6 is 15.6 Å². The molecule has 0 rings (SSSR count). The van der Waals surface area contributed by atoms with Crippen molar-refractivity contribution < 1.29 is 80.2 Å². The van der Waals surface area contributed by atoms with Crippen molar-refractivity contribution in [3.05, 3.63) is 0 Å². The molecule has 0 aromatic carbocycles. The number of aliphatic hydroxyl groups excluding tert-OH is 1. The van der Waals surface area contributed by atoms with Crippen LogP contribution in [0.1, 0.15) is 355 Å². The Kier molecular flexibility index (Phi) is 61.4. The Bertz CT molecular complexity index is 1670. The fourth-order valence-corrected chi connectivity index (χ4v) is 11.9. The van der Waals surface area contributed by atoms with Gasteiger partial charge in [-0.2, -0.15) is 0 Å². The predicted molar refractivity (Wildman–Crippen MR) is 349 cm³/mol. The lowest BCUT2D eigenvalue weighted by atomic mass is 10.0. The lowest BCUT2D eigenvalue weighted by Gasteiger charge is -2.21. The first-order valence-corrected chi connectivity index (χ1v) is 38.8. The summed E-state index contributed by atoms with van der Waals surface area (Å²) in [5, 5.41) is 10.5. The topological polar surface area (TPSA) is 237 Å². The molecular weight excluding hydrogens is 1150 g/mol. The molecule has 0 saturated heterocycles. The number of hydrogen-bond acceptors (Lipinski definition) is 15. The van der Waals surface area contributed by atoms with E-state index >= 15 is 0 Å². The number of carbonyl (C=O) groups excluding carboxylic acids is 4. The minimum atomic E-state index is -4.94. The maximum Gasteiger partial charge on any atom is 0.472 e. The van der Waals surface area contributed by atoms with Crippen LogP contribution in [0.4, 0.5) is 0 Å². The van der Waals surface area contributed by atoms with Crippen molar-refractivity contribution in [2.75, 3.05) is 39.6 Å². The van der Waals surface area contributed by atoms with Crippen LogP contribution < -0.4 is 0 Å². The molecule has 0 aliphatic heterocycles. The molecule has 0 aliphatic rings. The largest absolute Gasteiger partial charge is 0.472 e. The van der Waals surface area contributed by atoms with Gasteiger partial charge < -0.3 is 33.8 Å². The molecule has 17 nitrogen and oxygen atoms in total. The summed E-state index contributed by atoms with van der Waals surface area (Å²) < 4.78 is 67.7. The first-order chi connectivity index (χ1) is 42.2. The van der Waals surface area contributed by atoms with Crippen molar-refractivity contribution in [1.82, 2.24) is 0 Å². The van der Waals surface area contributed by atoms with Gasteiger partial charge in [0.05, 0.1) is 26.4 Å². The maximum absolute atomic E-state index is 13.0. The quantitative estimate of drug-likeness (QED) is 0.0222. The van der Waals surface area contributed by atoms with E-state index < -0.39 is 97.5 Å². The Morgan fingerprint density at radius 2 is 0.460 bits per heavy atom. The second-order valence-electron chi connectivity index (χ2n) is 24.6. The van der Waals surface area contributed by atoms with Crippen LogP contribution in [-0.4, -0.2) is 96.7 Å². The normalized spacial score (nSPS) is 14.1. The second kappa shape index (κ2) is 62.8. The Morgan fingerprint density at radius 3 is 0.678 bits per heavy atom. The van der Waals surface area contributed by atoms with Gasteiger partial charge in [0.25, 0.3) is 0 Å². The van der Waals surface area contributed by atoms with Crippen LogP contribution in [0.15, 0.2) is 0 Å². The highest BCUT2D eigenvalue weighted by molar-refractivity contribution is 7.47. The first kappa shape index (κ1) is 85.1. The smallest absolute Gasteiger partial charge is 0.462 e. The fraction of sp³-hybridized carbons (Fsp3) is 0.941. The number of esters is 4. The Labute approximate surface area is 530 Å². The number of unbranched alkanes of at least 4 members (excludes halogenated alkanes) is 43. The van der Waals surface area contributed by atoms with E-state index in [1.54, 1.807) is 0 Å². The van der Waals surface area contributed by atoms with Gasteiger partial charge >= 0.3 is 39.5 Å². The zero-order valence-electron chi connectivity index (χ0n) is 56.0. The number of ether oxygens (including phenoxy) is 4. The molecule has 0 amide bonds. The predicted octanol–water partition coefficient (Wildman–Crippen LogP) is 19.5. The summed E-state index contributed by atoms with van der Waals surface area (Å²) in [5.74, 6) is -2.15. The number of carbonyl (C=O) groups is 4. The van der Waals surface area contributed by atoms with E-state index in [2.05, 4.69) is 27.7 Å². The van der Waals surface area contributed by atoms with Gasteiger partial charge in [0.15, 0.2) is 12.2 Å². The number of hydrogen-bond donors (Lipinski definition) is 3. The average molecular weight is 1280 g/mol. The van der Waals surface area contributed by atoms with Crippen LogP contribution in [0.5, 0.6) is 0 Å². The molecule has 516 valence electrons. The maximum atomic E-state index is 13.0. The van der Waals surface area contributed by atoms with Gasteiger partial charge in [-0.05, 0) is 25.7 Å². The summed E-state index contributed by atoms with van der Waals surface area (Å²) in [4.78, 5) is 71.8. The highest BCUT2D eigenvalue weighted by Gasteiger charge is 2.30. The third-order valence-electron chi connectivity index (χ3n) is 15.9. The first-order valence-electron chi connectivity index (χ1n) is 35.8. The molecule has 2 unspecified atom stereocenters. The molecule has 19 heteroatoms. The summed E-state index contributed by atoms with van der Waals surface area (Å²) in [5.41, 5.74) is 0. The zero-order chi connectivity index (χ0) is 64.0. The Balaban J connectivity index is 5.02. The molecule has 3 N–H and O–H groups in total. The van der Waals surface area contributed by atoms with E-state index in [9.17, 15) is 43.2 Å². The van der Waals surface area contributed by atoms with E-state index in [0.29, 0.717) is 25.7 Å². The van der Waals surface area contributed by atoms with E-state index in [4.69, 9.17) is 37.0 Å². The van der Waals surface area contributed by atoms with Crippen molar-refractivity contribution in [3.8, 4) is 0 Å². The monoisotopic (exact) mass is 1280 g/mol. The molecule has 0 aromatic rings. The van der Waals surface area contributed by atoms with Crippen LogP contribution in [0, 0.1) is 0 Å². The van der Waals surface area contributed by atoms with Gasteiger partial charge in [0.2, 0.25) is 0 Å². The molecule has 87 heavy (non-hydrogen) atoms. The fourth-order valence-electron chi connectivity index (χ4n) is 10.3. The number of aliphatic hydroxyl groups is 1. The SMILES string of the molecule is CCCCCCCCCCCCCCCCCCCCCCCCC(=O)O[C@H](COC(=O)CCCCCCCCCCCCCCCCC)COP(=O)(O)OC[C@@H](O)COP(=O)(O)OC[C@@H](COC(=O)CCCCCCC)OC(=O)CCCCCCC. The zero-order valence-corrected chi connectivity index (χ0v) is 57.8. The third kappa shape index (κ3) is 62.6. The molecule has 0 fully saturated rings. The molecule has 0 aromatic heterocycles. The van der Waals surface area contributed by atoms with Crippen LogP contribution in [-0.2, 0) is 65.4 Å². The molecule has 0 spiro atoms. The van der Waals surface area contributed by atoms with Crippen LogP contribution in [0.25, 0.3) is 0 Å². The summed E-state index contributed by atoms with van der Waals surface area (Å²) in [6.07, 6.45) is 51.1. The minimum absolute atomic E-state index is 0.0993. The van der Waals surface area contributed by atoms with Gasteiger partial charge in [-0.1, -0.05) is 304 Å². The minimum Gasteiger partial charge on any atom is -0.462 e. The Morgan fingerprint density at radius 1 is 0.276 bits per heavy atom. The molecule has 0 saturated carbocycles. The molecule has 0 radical (unpaired) electrons. The number of phosphoric acid groups is 2. The summed E-state index contributed by atoms with van der Waals surface area (Å²) >= 11 is 0. The third-order valence-corrected chi connectivity index (χ3v) is 17.8. The van der Waals surface area contributed by atoms with Gasteiger partial charge in [-0.3, -0.25) is 37.3 Å². The van der Waals surface area contributed by atoms with Crippen molar-refractivity contribution in [2.45, 2.75) is 373 Å². The van der Waals surface area contributed by atoms with Crippen LogP contribution in [0.2, 0.25) is 0 Å². The van der Waals surface area contributed by atoms with Crippen molar-refractivity contribution in [2.24, 2.45) is 0 Å². The molecule has 0 heterocycles. The van der Waals surface area contributed by atoms with Gasteiger partial charge in [-0.25, -0.2) is 9.13 Å². The van der Waals surface area contributed by atoms with Gasteiger partial charge in [-0.15, -0.1) is 0 Å². The second-order valence-corrected chi connectivity index (χ2v) is 27.5. The van der Waals surface area contributed by atoms with Crippen LogP contribution in [0.3, 0.4) is 0 Å². The van der Waals surface area contributed by atoms with Crippen molar-refractivity contribution in [1.29, 1.82) is 0 Å². The molecule has 0 aliphatic carbocycles. The van der Waals surface area contributed by atoms with Gasteiger partial charge in [0, 0.05) is 25.7 Å². The lowest BCUT2D eigenvalue weighted by Crippen LogP contribution is -2.30. The van der Waals surface area contributed by atoms with E-state index in [-0.39, 0.29) is 25.7 Å².